The first-order valence-electron chi connectivity index (χ1n) is 10.1. The molecule has 1 aromatic heterocycles. The van der Waals surface area contributed by atoms with Crippen LogP contribution in [0.15, 0.2) is 47.0 Å². The number of hydrogen-bond acceptors (Lipinski definition) is 6. The van der Waals surface area contributed by atoms with Gasteiger partial charge in [-0.2, -0.15) is 0 Å². The van der Waals surface area contributed by atoms with Gasteiger partial charge in [0.15, 0.2) is 23.1 Å². The summed E-state index contributed by atoms with van der Waals surface area (Å²) >= 11 is 6.30. The Hall–Kier alpha value is -3.19. The normalized spacial score (nSPS) is 12.8. The lowest BCUT2D eigenvalue weighted by Gasteiger charge is -2.12. The van der Waals surface area contributed by atoms with Crippen LogP contribution in [0.25, 0.3) is 11.3 Å². The lowest BCUT2D eigenvalue weighted by molar-refractivity contribution is -0.121. The molecular formula is C23H23ClN2O5. The van der Waals surface area contributed by atoms with Crippen molar-refractivity contribution in [3.05, 3.63) is 59.1 Å². The van der Waals surface area contributed by atoms with Crippen LogP contribution in [-0.2, 0) is 17.8 Å². The molecule has 8 heteroatoms. The predicted molar refractivity (Wildman–Crippen MR) is 116 cm³/mol. The molecule has 0 aliphatic carbocycles. The van der Waals surface area contributed by atoms with E-state index >= 15 is 0 Å². The smallest absolute Gasteiger partial charge is 0.220 e. The number of carbonyl (C=O) groups is 1. The lowest BCUT2D eigenvalue weighted by atomic mass is 10.2. The molecule has 0 radical (unpaired) electrons. The van der Waals surface area contributed by atoms with E-state index < -0.39 is 0 Å². The molecule has 2 heterocycles. The zero-order chi connectivity index (χ0) is 21.6. The third kappa shape index (κ3) is 5.30. The molecule has 162 valence electrons. The largest absolute Gasteiger partial charge is 0.497 e. The molecule has 1 amide bonds. The summed E-state index contributed by atoms with van der Waals surface area (Å²) in [7, 11) is 1.62. The Labute approximate surface area is 185 Å². The standard InChI is InChI=1S/C23H23ClN2O5/c1-28-17-5-3-16(4-6-17)20-14-26-22(31-20)8-7-21(27)25-13-15-11-18(24)23-19(12-15)29-9-2-10-30-23/h3-6,11-12,14H,2,7-10,13H2,1H3,(H,25,27). The van der Waals surface area contributed by atoms with Crippen LogP contribution in [0.5, 0.6) is 17.2 Å². The molecule has 7 nitrogen and oxygen atoms in total. The van der Waals surface area contributed by atoms with Crippen molar-refractivity contribution in [2.24, 2.45) is 0 Å². The Morgan fingerprint density at radius 2 is 2.00 bits per heavy atom. The molecule has 1 aliphatic rings. The van der Waals surface area contributed by atoms with Crippen molar-refractivity contribution in [2.75, 3.05) is 20.3 Å². The van der Waals surface area contributed by atoms with Gasteiger partial charge in [0.1, 0.15) is 5.75 Å². The molecule has 0 spiro atoms. The highest BCUT2D eigenvalue weighted by Gasteiger charge is 2.16. The minimum atomic E-state index is -0.104. The first-order valence-corrected chi connectivity index (χ1v) is 10.4. The Bertz CT molecular complexity index is 1050. The van der Waals surface area contributed by atoms with Crippen LogP contribution in [0.4, 0.5) is 0 Å². The molecule has 0 bridgehead atoms. The molecule has 3 aromatic rings. The lowest BCUT2D eigenvalue weighted by Crippen LogP contribution is -2.23. The molecule has 31 heavy (non-hydrogen) atoms. The fourth-order valence-corrected chi connectivity index (χ4v) is 3.50. The number of aryl methyl sites for hydroxylation is 1. The van der Waals surface area contributed by atoms with Gasteiger partial charge in [0, 0.05) is 31.4 Å². The number of oxazole rings is 1. The number of ether oxygens (including phenoxy) is 3. The predicted octanol–water partition coefficient (Wildman–Crippen LogP) is 4.41. The van der Waals surface area contributed by atoms with Crippen LogP contribution in [0.1, 0.15) is 24.3 Å². The number of rotatable bonds is 7. The van der Waals surface area contributed by atoms with Crippen LogP contribution >= 0.6 is 11.6 Å². The summed E-state index contributed by atoms with van der Waals surface area (Å²) in [6, 6.07) is 11.1. The average Bonchev–Trinajstić information content (AvgIpc) is 3.13. The molecule has 0 saturated carbocycles. The van der Waals surface area contributed by atoms with E-state index in [-0.39, 0.29) is 12.3 Å². The number of nitrogens with zero attached hydrogens (tertiary/aromatic N) is 1. The Morgan fingerprint density at radius 3 is 2.81 bits per heavy atom. The highest BCUT2D eigenvalue weighted by Crippen LogP contribution is 2.38. The van der Waals surface area contributed by atoms with Gasteiger partial charge in [0.2, 0.25) is 5.91 Å². The summed E-state index contributed by atoms with van der Waals surface area (Å²) in [5.41, 5.74) is 1.75. The third-order valence-corrected chi connectivity index (χ3v) is 5.13. The highest BCUT2D eigenvalue weighted by molar-refractivity contribution is 6.32. The summed E-state index contributed by atoms with van der Waals surface area (Å²) in [4.78, 5) is 16.6. The van der Waals surface area contributed by atoms with Crippen molar-refractivity contribution in [3.8, 4) is 28.6 Å². The molecule has 0 atom stereocenters. The second kappa shape index (κ2) is 9.75. The molecule has 1 N–H and O–H groups in total. The Balaban J connectivity index is 1.29. The zero-order valence-corrected chi connectivity index (χ0v) is 17.9. The van der Waals surface area contributed by atoms with Crippen molar-refractivity contribution in [3.63, 3.8) is 0 Å². The average molecular weight is 443 g/mol. The number of benzene rings is 2. The van der Waals surface area contributed by atoms with Gasteiger partial charge in [-0.15, -0.1) is 0 Å². The Kier molecular flexibility index (Phi) is 6.62. The quantitative estimate of drug-likeness (QED) is 0.583. The third-order valence-electron chi connectivity index (χ3n) is 4.85. The van der Waals surface area contributed by atoms with Crippen molar-refractivity contribution >= 4 is 17.5 Å². The number of nitrogens with one attached hydrogen (secondary N) is 1. The fraction of sp³-hybridized carbons (Fsp3) is 0.304. The van der Waals surface area contributed by atoms with E-state index in [4.69, 9.17) is 30.2 Å². The van der Waals surface area contributed by atoms with Crippen LogP contribution in [0.2, 0.25) is 5.02 Å². The molecule has 1 aliphatic heterocycles. The van der Waals surface area contributed by atoms with Gasteiger partial charge < -0.3 is 23.9 Å². The summed E-state index contributed by atoms with van der Waals surface area (Å²) in [6.07, 6.45) is 3.14. The zero-order valence-electron chi connectivity index (χ0n) is 17.2. The number of carbonyl (C=O) groups excluding carboxylic acids is 1. The number of halogens is 1. The van der Waals surface area contributed by atoms with Gasteiger partial charge in [-0.05, 0) is 42.0 Å². The highest BCUT2D eigenvalue weighted by atomic mass is 35.5. The molecule has 4 rings (SSSR count). The first-order chi connectivity index (χ1) is 15.1. The van der Waals surface area contributed by atoms with Gasteiger partial charge >= 0.3 is 0 Å². The van der Waals surface area contributed by atoms with Crippen molar-refractivity contribution < 1.29 is 23.4 Å². The molecule has 0 unspecified atom stereocenters. The van der Waals surface area contributed by atoms with Gasteiger partial charge in [0.25, 0.3) is 0 Å². The van der Waals surface area contributed by atoms with Crippen LogP contribution in [0.3, 0.4) is 0 Å². The van der Waals surface area contributed by atoms with Crippen LogP contribution in [0, 0.1) is 0 Å². The summed E-state index contributed by atoms with van der Waals surface area (Å²) < 4.78 is 22.2. The van der Waals surface area contributed by atoms with Gasteiger partial charge in [-0.1, -0.05) is 11.6 Å². The van der Waals surface area contributed by atoms with E-state index in [0.29, 0.717) is 54.4 Å². The van der Waals surface area contributed by atoms with Gasteiger partial charge in [-0.25, -0.2) is 4.98 Å². The van der Waals surface area contributed by atoms with E-state index in [0.717, 1.165) is 23.3 Å². The minimum Gasteiger partial charge on any atom is -0.497 e. The number of fused-ring (bicyclic) bond motifs is 1. The summed E-state index contributed by atoms with van der Waals surface area (Å²) in [5.74, 6) is 3.01. The number of aromatic nitrogens is 1. The molecular weight excluding hydrogens is 420 g/mol. The Morgan fingerprint density at radius 1 is 1.19 bits per heavy atom. The van der Waals surface area contributed by atoms with Crippen molar-refractivity contribution in [2.45, 2.75) is 25.8 Å². The minimum absolute atomic E-state index is 0.104. The fourth-order valence-electron chi connectivity index (χ4n) is 3.21. The molecule has 0 fully saturated rings. The number of amides is 1. The number of hydrogen-bond donors (Lipinski definition) is 1. The van der Waals surface area contributed by atoms with E-state index in [2.05, 4.69) is 10.3 Å². The number of methoxy groups -OCH3 is 1. The second-order valence-corrected chi connectivity index (χ2v) is 7.49. The first kappa shape index (κ1) is 21.1. The maximum Gasteiger partial charge on any atom is 0.220 e. The van der Waals surface area contributed by atoms with Crippen molar-refractivity contribution in [1.82, 2.24) is 10.3 Å². The maximum absolute atomic E-state index is 12.3. The van der Waals surface area contributed by atoms with Crippen LogP contribution in [-0.4, -0.2) is 31.2 Å². The van der Waals surface area contributed by atoms with E-state index in [1.165, 1.54) is 0 Å². The van der Waals surface area contributed by atoms with Crippen LogP contribution < -0.4 is 19.5 Å². The monoisotopic (exact) mass is 442 g/mol. The summed E-state index contributed by atoms with van der Waals surface area (Å²) in [6.45, 7) is 1.50. The molecule has 2 aromatic carbocycles. The maximum atomic E-state index is 12.3. The van der Waals surface area contributed by atoms with E-state index in [1.54, 1.807) is 19.4 Å². The second-order valence-electron chi connectivity index (χ2n) is 7.08. The summed E-state index contributed by atoms with van der Waals surface area (Å²) in [5, 5.41) is 3.37. The van der Waals surface area contributed by atoms with Crippen molar-refractivity contribution in [1.29, 1.82) is 0 Å². The van der Waals surface area contributed by atoms with Gasteiger partial charge in [0.05, 0.1) is 31.5 Å². The van der Waals surface area contributed by atoms with E-state index in [9.17, 15) is 4.79 Å². The van der Waals surface area contributed by atoms with Gasteiger partial charge in [-0.3, -0.25) is 4.79 Å². The van der Waals surface area contributed by atoms with E-state index in [1.807, 2.05) is 30.3 Å². The topological polar surface area (TPSA) is 82.8 Å². The SMILES string of the molecule is COc1ccc(-c2cnc(CCC(=O)NCc3cc(Cl)c4c(c3)OCCCO4)o2)cc1. The molecule has 0 saturated heterocycles.